The summed E-state index contributed by atoms with van der Waals surface area (Å²) in [6.07, 6.45) is 9.39. The third-order valence-electron chi connectivity index (χ3n) is 17.0. The van der Waals surface area contributed by atoms with Crippen LogP contribution in [0, 0.1) is 44.2 Å². The topological polar surface area (TPSA) is 64.5 Å². The largest absolute Gasteiger partial charge is 0.305 e. The van der Waals surface area contributed by atoms with Crippen molar-refractivity contribution in [3.05, 3.63) is 368 Å². The van der Waals surface area contributed by atoms with Gasteiger partial charge in [-0.3, -0.25) is 0 Å². The standard InChI is InChI=1S/C23H24N.C21H20N.C20H18N.C19H16N.C11H8N.4Ir/c1-16(2)20-13-21(17(3)4)15-22(14-20)18-8-7-9-19(12-18)23-10-5-6-11-24-23;1-21(2,3)19-12-13-20(22-15-19)18-11-7-10-17(14-18)16-8-5-4-6-9-16;1-15(2)17-11-12-21-20(14-17)19-10-6-9-18(13-19)16-7-4-3-5-8-16;1-14-11-19(20-13-15(14)2)18-10-6-9-17(12-18)16-7-4-3-5-8-16;1-2-6-10(7-3-1)11-8-4-5-9-12-11;;;;/h5-8,10-17H,1-4H3;4-10,12-15H,1-3H3;3-9,11-15H,1-2H3;3-9,11-13H,1-2H3;1-6,8-9H;;;;/q5*-1;;;;. The van der Waals surface area contributed by atoms with Crippen molar-refractivity contribution in [1.82, 2.24) is 24.9 Å². The van der Waals surface area contributed by atoms with Gasteiger partial charge in [0, 0.05) is 111 Å². The van der Waals surface area contributed by atoms with Gasteiger partial charge in [0.25, 0.3) is 0 Å². The van der Waals surface area contributed by atoms with Crippen LogP contribution < -0.4 is 0 Å². The quantitative estimate of drug-likeness (QED) is 0.114. The van der Waals surface area contributed by atoms with Gasteiger partial charge in [-0.25, -0.2) is 0 Å². The van der Waals surface area contributed by atoms with Crippen molar-refractivity contribution in [2.75, 3.05) is 0 Å². The molecule has 0 unspecified atom stereocenters. The zero-order chi connectivity index (χ0) is 69.5. The molecule has 0 aliphatic heterocycles. The maximum Gasteiger partial charge on any atom is 0.0198 e. The molecule has 0 spiro atoms. The fourth-order valence-corrected chi connectivity index (χ4v) is 10.9. The van der Waals surface area contributed by atoms with Crippen LogP contribution in [0.5, 0.6) is 0 Å². The van der Waals surface area contributed by atoms with E-state index in [1.165, 1.54) is 77.9 Å². The molecule has 9 heteroatoms. The first-order chi connectivity index (χ1) is 48.0. The minimum absolute atomic E-state index is 0. The summed E-state index contributed by atoms with van der Waals surface area (Å²) in [5.74, 6) is 1.55. The second kappa shape index (κ2) is 41.6. The van der Waals surface area contributed by atoms with Crippen LogP contribution in [0.15, 0.2) is 304 Å². The van der Waals surface area contributed by atoms with Crippen molar-refractivity contribution in [1.29, 1.82) is 0 Å². The number of pyridine rings is 5. The van der Waals surface area contributed by atoms with Crippen molar-refractivity contribution in [3.63, 3.8) is 0 Å². The van der Waals surface area contributed by atoms with Crippen molar-refractivity contribution in [2.24, 2.45) is 0 Å². The van der Waals surface area contributed by atoms with Crippen molar-refractivity contribution < 1.29 is 80.4 Å². The SMILES string of the molecule is CC(C)(C)c1ccc(-c2[c-]ccc(-c3ccccc3)c2)nc1.CC(C)c1cc(-c2cc[c-]c(-c3ccccn3)c2)cc(C(C)C)c1.CC(C)c1ccnc(-c2[c-]ccc(-c3ccccc3)c2)c1.Cc1cnc(-c2[c-]ccc(-c3ccccc3)c2)cc1C.[Ir].[Ir].[Ir].[Ir].[c-]1ccccc1-c1ccccn1. The van der Waals surface area contributed by atoms with Crippen LogP contribution in [0.4, 0.5) is 0 Å². The molecular weight excluding hydrogens is 1970 g/mol. The van der Waals surface area contributed by atoms with E-state index in [1.54, 1.807) is 6.20 Å². The third kappa shape index (κ3) is 24.5. The summed E-state index contributed by atoms with van der Waals surface area (Å²) in [4.78, 5) is 22.3. The minimum Gasteiger partial charge on any atom is -0.305 e. The summed E-state index contributed by atoms with van der Waals surface area (Å²) in [7, 11) is 0. The number of aryl methyl sites for hydroxylation is 2. The molecule has 0 N–H and O–H groups in total. The molecule has 9 aromatic carbocycles. The Morgan fingerprint density at radius 2 is 0.641 bits per heavy atom. The number of aromatic nitrogens is 5. The average molecular weight is 2050 g/mol. The summed E-state index contributed by atoms with van der Waals surface area (Å²) in [6, 6.07) is 110. The monoisotopic (exact) mass is 2060 g/mol. The van der Waals surface area contributed by atoms with Gasteiger partial charge in [-0.1, -0.05) is 231 Å². The number of nitrogens with zero attached hydrogens (tertiary/aromatic N) is 5. The number of hydrogen-bond acceptors (Lipinski definition) is 5. The van der Waals surface area contributed by atoms with E-state index in [2.05, 4.69) is 301 Å². The predicted octanol–water partition coefficient (Wildman–Crippen LogP) is 24.7. The zero-order valence-electron chi connectivity index (χ0n) is 60.2. The molecule has 103 heavy (non-hydrogen) atoms. The first-order valence-electron chi connectivity index (χ1n) is 34.1. The van der Waals surface area contributed by atoms with E-state index >= 15 is 0 Å². The summed E-state index contributed by atoms with van der Waals surface area (Å²) >= 11 is 0. The van der Waals surface area contributed by atoms with Crippen LogP contribution in [0.3, 0.4) is 0 Å². The molecule has 528 valence electrons. The van der Waals surface area contributed by atoms with Crippen LogP contribution in [0.1, 0.15) is 113 Å². The molecule has 5 aromatic heterocycles. The van der Waals surface area contributed by atoms with Crippen LogP contribution in [0.25, 0.3) is 101 Å². The van der Waals surface area contributed by atoms with Crippen LogP contribution >= 0.6 is 0 Å². The molecule has 0 saturated carbocycles. The van der Waals surface area contributed by atoms with E-state index in [9.17, 15) is 0 Å². The molecular formula is C94H86Ir4N5-5. The Morgan fingerprint density at radius 3 is 1.03 bits per heavy atom. The second-order valence-electron chi connectivity index (χ2n) is 26.4. The predicted molar refractivity (Wildman–Crippen MR) is 415 cm³/mol. The molecule has 0 aliphatic carbocycles. The Labute approximate surface area is 667 Å². The molecule has 4 radical (unpaired) electrons. The van der Waals surface area contributed by atoms with E-state index < -0.39 is 0 Å². The van der Waals surface area contributed by atoms with Gasteiger partial charge in [0.2, 0.25) is 0 Å². The van der Waals surface area contributed by atoms with Crippen LogP contribution in [-0.2, 0) is 85.8 Å². The first-order valence-corrected chi connectivity index (χ1v) is 34.1. The maximum atomic E-state index is 4.62. The molecule has 0 atom stereocenters. The summed E-state index contributed by atoms with van der Waals surface area (Å²) in [5.41, 5.74) is 27.7. The van der Waals surface area contributed by atoms with Crippen molar-refractivity contribution in [3.8, 4) is 101 Å². The molecule has 5 heterocycles. The normalized spacial score (nSPS) is 10.4. The fraction of sp³-hybridized carbons (Fsp3) is 0.160. The van der Waals surface area contributed by atoms with Crippen molar-refractivity contribution >= 4 is 0 Å². The van der Waals surface area contributed by atoms with Crippen LogP contribution in [0.2, 0.25) is 0 Å². The van der Waals surface area contributed by atoms with Gasteiger partial charge in [0.1, 0.15) is 0 Å². The zero-order valence-corrected chi connectivity index (χ0v) is 69.7. The molecule has 5 nitrogen and oxygen atoms in total. The maximum absolute atomic E-state index is 4.62. The number of hydrogen-bond donors (Lipinski definition) is 0. The molecule has 0 aliphatic rings. The summed E-state index contributed by atoms with van der Waals surface area (Å²) in [5, 5.41) is 0. The van der Waals surface area contributed by atoms with Gasteiger partial charge >= 0.3 is 0 Å². The smallest absolute Gasteiger partial charge is 0.0198 e. The summed E-state index contributed by atoms with van der Waals surface area (Å²) in [6.45, 7) is 24.2. The Balaban J connectivity index is 0.000000203. The Morgan fingerprint density at radius 1 is 0.262 bits per heavy atom. The molecule has 14 aromatic rings. The number of rotatable bonds is 12. The third-order valence-corrected chi connectivity index (χ3v) is 17.0. The summed E-state index contributed by atoms with van der Waals surface area (Å²) < 4.78 is 0. The van der Waals surface area contributed by atoms with Gasteiger partial charge in [-0.05, 0) is 128 Å². The minimum atomic E-state index is 0. The van der Waals surface area contributed by atoms with Gasteiger partial charge in [-0.2, -0.15) is 0 Å². The molecule has 0 saturated heterocycles. The number of benzene rings is 9. The Bertz CT molecular complexity index is 4730. The van der Waals surface area contributed by atoms with Crippen LogP contribution in [-0.4, -0.2) is 24.9 Å². The Hall–Kier alpha value is -8.67. The van der Waals surface area contributed by atoms with Gasteiger partial charge in [-0.15, -0.1) is 177 Å². The fourth-order valence-electron chi connectivity index (χ4n) is 10.9. The van der Waals surface area contributed by atoms with E-state index in [0.29, 0.717) is 17.8 Å². The molecule has 0 fully saturated rings. The molecule has 14 rings (SSSR count). The van der Waals surface area contributed by atoms with E-state index in [4.69, 9.17) is 0 Å². The first kappa shape index (κ1) is 83.3. The average Bonchev–Trinajstić information content (AvgIpc) is 0.827. The van der Waals surface area contributed by atoms with Gasteiger partial charge < -0.3 is 24.9 Å². The molecule has 0 amide bonds. The van der Waals surface area contributed by atoms with E-state index in [1.807, 2.05) is 128 Å². The van der Waals surface area contributed by atoms with Gasteiger partial charge in [0.05, 0.1) is 0 Å². The van der Waals surface area contributed by atoms with Crippen molar-refractivity contribution in [2.45, 2.75) is 99.3 Å². The van der Waals surface area contributed by atoms with E-state index in [-0.39, 0.29) is 85.8 Å². The van der Waals surface area contributed by atoms with Gasteiger partial charge in [0.15, 0.2) is 0 Å². The molecule has 0 bridgehead atoms. The second-order valence-corrected chi connectivity index (χ2v) is 26.4. The van der Waals surface area contributed by atoms with E-state index in [0.717, 1.165) is 56.3 Å². The Kier molecular flexibility index (Phi) is 33.6.